The molecule has 0 aromatic heterocycles. The number of hydrogen-bond acceptors (Lipinski definition) is 4. The van der Waals surface area contributed by atoms with Crippen LogP contribution in [0.4, 0.5) is 5.69 Å². The summed E-state index contributed by atoms with van der Waals surface area (Å²) in [6.45, 7) is 1.92. The Bertz CT molecular complexity index is 377. The van der Waals surface area contributed by atoms with Gasteiger partial charge in [0.15, 0.2) is 5.72 Å². The molecule has 0 saturated heterocycles. The van der Waals surface area contributed by atoms with Crippen molar-refractivity contribution < 1.29 is 5.11 Å². The topological polar surface area (TPSA) is 48.2 Å². The molecule has 1 heterocycles. The lowest BCUT2D eigenvalue weighted by Crippen LogP contribution is -2.41. The summed E-state index contributed by atoms with van der Waals surface area (Å²) < 4.78 is 0. The SMILES string of the molecule is CC[C@]1(O)c2ccccc2N=NN1C. The molecule has 14 heavy (non-hydrogen) atoms. The number of rotatable bonds is 1. The highest BCUT2D eigenvalue weighted by Gasteiger charge is 2.36. The maximum absolute atomic E-state index is 10.4. The molecule has 1 aromatic carbocycles. The first-order chi connectivity index (χ1) is 6.68. The van der Waals surface area contributed by atoms with Gasteiger partial charge in [-0.3, -0.25) is 0 Å². The molecule has 0 bridgehead atoms. The van der Waals surface area contributed by atoms with E-state index in [1.54, 1.807) is 7.05 Å². The molecule has 4 heteroatoms. The van der Waals surface area contributed by atoms with Crippen LogP contribution in [0.15, 0.2) is 34.6 Å². The normalized spacial score (nSPS) is 24.9. The molecule has 0 saturated carbocycles. The second kappa shape index (κ2) is 3.06. The van der Waals surface area contributed by atoms with Crippen LogP contribution in [-0.4, -0.2) is 17.2 Å². The lowest BCUT2D eigenvalue weighted by Gasteiger charge is -2.36. The Kier molecular flexibility index (Phi) is 2.00. The van der Waals surface area contributed by atoms with Crippen LogP contribution >= 0.6 is 0 Å². The molecule has 0 spiro atoms. The van der Waals surface area contributed by atoms with Crippen LogP contribution in [-0.2, 0) is 5.72 Å². The summed E-state index contributed by atoms with van der Waals surface area (Å²) in [4.78, 5) is 0. The monoisotopic (exact) mass is 191 g/mol. The largest absolute Gasteiger partial charge is 0.366 e. The predicted molar refractivity (Wildman–Crippen MR) is 52.9 cm³/mol. The van der Waals surface area contributed by atoms with Gasteiger partial charge >= 0.3 is 0 Å². The van der Waals surface area contributed by atoms with Gasteiger partial charge in [0.1, 0.15) is 0 Å². The molecule has 0 unspecified atom stereocenters. The van der Waals surface area contributed by atoms with Crippen molar-refractivity contribution >= 4 is 5.69 Å². The highest BCUT2D eigenvalue weighted by atomic mass is 16.3. The second-order valence-corrected chi connectivity index (χ2v) is 3.40. The van der Waals surface area contributed by atoms with Crippen molar-refractivity contribution in [3.8, 4) is 0 Å². The molecule has 0 aliphatic carbocycles. The highest BCUT2D eigenvalue weighted by molar-refractivity contribution is 5.49. The summed E-state index contributed by atoms with van der Waals surface area (Å²) >= 11 is 0. The summed E-state index contributed by atoms with van der Waals surface area (Å²) in [5.74, 6) is 0. The zero-order valence-electron chi connectivity index (χ0n) is 8.31. The van der Waals surface area contributed by atoms with E-state index in [1.165, 1.54) is 5.01 Å². The molecule has 1 aliphatic rings. The smallest absolute Gasteiger partial charge is 0.182 e. The van der Waals surface area contributed by atoms with E-state index < -0.39 is 5.72 Å². The van der Waals surface area contributed by atoms with Crippen LogP contribution in [0, 0.1) is 0 Å². The van der Waals surface area contributed by atoms with Crippen molar-refractivity contribution in [2.24, 2.45) is 10.3 Å². The molecular weight excluding hydrogens is 178 g/mol. The molecule has 0 radical (unpaired) electrons. The van der Waals surface area contributed by atoms with E-state index in [2.05, 4.69) is 10.3 Å². The summed E-state index contributed by atoms with van der Waals surface area (Å²) in [5, 5.41) is 19.8. The molecule has 1 aromatic rings. The van der Waals surface area contributed by atoms with Gasteiger partial charge in [-0.1, -0.05) is 30.3 Å². The lowest BCUT2D eigenvalue weighted by atomic mass is 9.97. The van der Waals surface area contributed by atoms with Gasteiger partial charge in [-0.25, -0.2) is 5.01 Å². The van der Waals surface area contributed by atoms with Gasteiger partial charge in [0.2, 0.25) is 0 Å². The maximum atomic E-state index is 10.4. The van der Waals surface area contributed by atoms with Gasteiger partial charge in [-0.2, -0.15) is 0 Å². The van der Waals surface area contributed by atoms with Crippen LogP contribution in [0.2, 0.25) is 0 Å². The molecule has 4 nitrogen and oxygen atoms in total. The Morgan fingerprint density at radius 3 is 2.86 bits per heavy atom. The minimum absolute atomic E-state index is 0.583. The van der Waals surface area contributed by atoms with E-state index in [1.807, 2.05) is 31.2 Å². The van der Waals surface area contributed by atoms with Crippen LogP contribution < -0.4 is 0 Å². The van der Waals surface area contributed by atoms with Crippen LogP contribution in [0.1, 0.15) is 18.9 Å². The molecule has 1 N–H and O–H groups in total. The molecule has 0 amide bonds. The fourth-order valence-corrected chi connectivity index (χ4v) is 1.68. The third-order valence-corrected chi connectivity index (χ3v) is 2.65. The Morgan fingerprint density at radius 1 is 1.43 bits per heavy atom. The molecule has 1 aliphatic heterocycles. The van der Waals surface area contributed by atoms with E-state index >= 15 is 0 Å². The Balaban J connectivity index is 2.59. The molecule has 2 rings (SSSR count). The zero-order chi connectivity index (χ0) is 10.2. The lowest BCUT2D eigenvalue weighted by molar-refractivity contribution is -0.113. The number of aliphatic hydroxyl groups is 1. The first-order valence-corrected chi connectivity index (χ1v) is 4.66. The van der Waals surface area contributed by atoms with E-state index in [-0.39, 0.29) is 0 Å². The van der Waals surface area contributed by atoms with E-state index in [4.69, 9.17) is 0 Å². The number of benzene rings is 1. The van der Waals surface area contributed by atoms with Gasteiger partial charge in [0, 0.05) is 12.6 Å². The van der Waals surface area contributed by atoms with E-state index in [0.717, 1.165) is 11.3 Å². The Labute approximate surface area is 82.9 Å². The summed E-state index contributed by atoms with van der Waals surface area (Å²) in [7, 11) is 1.73. The quantitative estimate of drug-likeness (QED) is 0.739. The maximum Gasteiger partial charge on any atom is 0.182 e. The van der Waals surface area contributed by atoms with Crippen molar-refractivity contribution in [1.29, 1.82) is 0 Å². The fourth-order valence-electron chi connectivity index (χ4n) is 1.68. The standard InChI is InChI=1S/C10H13N3O/c1-3-10(14)8-6-4-5-7-9(8)11-12-13(10)2/h4-7,14H,3H2,1-2H3/t10-/m0/s1. The highest BCUT2D eigenvalue weighted by Crippen LogP contribution is 2.38. The van der Waals surface area contributed by atoms with Gasteiger partial charge in [-0.15, -0.1) is 5.11 Å². The summed E-state index contributed by atoms with van der Waals surface area (Å²) in [6, 6.07) is 7.52. The van der Waals surface area contributed by atoms with Gasteiger partial charge in [0.05, 0.1) is 5.69 Å². The van der Waals surface area contributed by atoms with Crippen LogP contribution in [0.5, 0.6) is 0 Å². The number of nitrogens with zero attached hydrogens (tertiary/aromatic N) is 3. The average molecular weight is 191 g/mol. The van der Waals surface area contributed by atoms with Gasteiger partial charge in [0.25, 0.3) is 0 Å². The summed E-state index contributed by atoms with van der Waals surface area (Å²) in [6.07, 6.45) is 0.583. The predicted octanol–water partition coefficient (Wildman–Crippen LogP) is 2.19. The molecular formula is C10H13N3O. The van der Waals surface area contributed by atoms with Crippen LogP contribution in [0.25, 0.3) is 0 Å². The summed E-state index contributed by atoms with van der Waals surface area (Å²) in [5.41, 5.74) is 0.549. The van der Waals surface area contributed by atoms with Crippen molar-refractivity contribution in [1.82, 2.24) is 5.01 Å². The van der Waals surface area contributed by atoms with Crippen molar-refractivity contribution in [3.05, 3.63) is 29.8 Å². The minimum Gasteiger partial charge on any atom is -0.366 e. The number of hydrogen-bond donors (Lipinski definition) is 1. The Morgan fingerprint density at radius 2 is 2.14 bits per heavy atom. The molecule has 1 atom stereocenters. The first kappa shape index (κ1) is 9.15. The number of fused-ring (bicyclic) bond motifs is 1. The second-order valence-electron chi connectivity index (χ2n) is 3.40. The van der Waals surface area contributed by atoms with Crippen molar-refractivity contribution in [2.75, 3.05) is 7.05 Å². The van der Waals surface area contributed by atoms with Gasteiger partial charge < -0.3 is 5.11 Å². The van der Waals surface area contributed by atoms with E-state index in [9.17, 15) is 5.11 Å². The first-order valence-electron chi connectivity index (χ1n) is 4.66. The van der Waals surface area contributed by atoms with Crippen molar-refractivity contribution in [2.45, 2.75) is 19.1 Å². The van der Waals surface area contributed by atoms with E-state index in [0.29, 0.717) is 6.42 Å². The Hall–Kier alpha value is -1.42. The molecule has 0 fully saturated rings. The minimum atomic E-state index is -1.02. The van der Waals surface area contributed by atoms with Gasteiger partial charge in [-0.05, 0) is 12.5 Å². The zero-order valence-corrected chi connectivity index (χ0v) is 8.31. The molecule has 74 valence electrons. The average Bonchev–Trinajstić information content (AvgIpc) is 2.24. The fraction of sp³-hybridized carbons (Fsp3) is 0.400. The third-order valence-electron chi connectivity index (χ3n) is 2.65. The van der Waals surface area contributed by atoms with Crippen molar-refractivity contribution in [3.63, 3.8) is 0 Å². The van der Waals surface area contributed by atoms with Crippen LogP contribution in [0.3, 0.4) is 0 Å². The third kappa shape index (κ3) is 1.11.